The number of hydrogen-bond donors (Lipinski definition) is 1. The fourth-order valence-electron chi connectivity index (χ4n) is 0.981. The van der Waals surface area contributed by atoms with Gasteiger partial charge in [0.05, 0.1) is 6.10 Å². The van der Waals surface area contributed by atoms with Crippen molar-refractivity contribution in [2.75, 3.05) is 13.4 Å². The summed E-state index contributed by atoms with van der Waals surface area (Å²) >= 11 is 0. The first-order valence-electron chi connectivity index (χ1n) is 4.87. The fourth-order valence-corrected chi connectivity index (χ4v) is 1.15. The van der Waals surface area contributed by atoms with Crippen LogP contribution in [0.3, 0.4) is 0 Å². The van der Waals surface area contributed by atoms with E-state index >= 15 is 0 Å². The lowest BCUT2D eigenvalue weighted by Crippen LogP contribution is -2.20. The summed E-state index contributed by atoms with van der Waals surface area (Å²) in [5.74, 6) is 0.681. The minimum Gasteiger partial charge on any atom is -0.725 e. The van der Waals surface area contributed by atoms with Gasteiger partial charge in [0.2, 0.25) is 10.4 Å². The minimum absolute atomic E-state index is 0. The predicted molar refractivity (Wildman–Crippen MR) is 64.1 cm³/mol. The van der Waals surface area contributed by atoms with Crippen molar-refractivity contribution in [3.63, 3.8) is 0 Å². The predicted octanol–water partition coefficient (Wildman–Crippen LogP) is 1.28. The normalized spacial score (nSPS) is 12.6. The van der Waals surface area contributed by atoms with Crippen LogP contribution in [0.25, 0.3) is 0 Å². The standard InChI is InChI=1S/C10H14O6S.H3N/c1-9(15-8-16-17(11,12)13)7-14-10-5-3-2-4-6-10;/h2-6,9H,7-8H2,1H3,(H,11,12,13);1H3. The van der Waals surface area contributed by atoms with Crippen molar-refractivity contribution in [1.82, 2.24) is 6.15 Å². The molecule has 1 aromatic rings. The Hall–Kier alpha value is -1.19. The molecule has 1 atom stereocenters. The van der Waals surface area contributed by atoms with Gasteiger partial charge < -0.3 is 20.2 Å². The first kappa shape index (κ1) is 16.8. The topological polar surface area (TPSA) is 121 Å². The van der Waals surface area contributed by atoms with Gasteiger partial charge in [-0.25, -0.2) is 8.42 Å². The Bertz CT molecular complexity index is 421. The van der Waals surface area contributed by atoms with Crippen molar-refractivity contribution in [3.8, 4) is 5.75 Å². The summed E-state index contributed by atoms with van der Waals surface area (Å²) in [7, 11) is -4.70. The van der Waals surface area contributed by atoms with E-state index in [4.69, 9.17) is 9.47 Å². The molecule has 1 unspecified atom stereocenters. The summed E-state index contributed by atoms with van der Waals surface area (Å²) in [5.41, 5.74) is 0. The van der Waals surface area contributed by atoms with Gasteiger partial charge in [-0.05, 0) is 19.1 Å². The molecule has 0 fully saturated rings. The molecule has 0 heterocycles. The lowest BCUT2D eigenvalue weighted by molar-refractivity contribution is -0.0457. The number of quaternary nitrogens is 1. The molecule has 0 aromatic heterocycles. The maximum atomic E-state index is 10.1. The summed E-state index contributed by atoms with van der Waals surface area (Å²) in [6.07, 6.45) is -0.392. The number of hydrogen-bond acceptors (Lipinski definition) is 6. The Morgan fingerprint density at radius 3 is 2.44 bits per heavy atom. The van der Waals surface area contributed by atoms with Crippen LogP contribution < -0.4 is 10.9 Å². The molecule has 104 valence electrons. The zero-order chi connectivity index (χ0) is 12.7. The van der Waals surface area contributed by atoms with Gasteiger partial charge in [-0.2, -0.15) is 0 Å². The molecule has 0 saturated heterocycles. The molecule has 1 rings (SSSR count). The zero-order valence-electron chi connectivity index (χ0n) is 10.2. The molecule has 0 saturated carbocycles. The maximum Gasteiger partial charge on any atom is 0.219 e. The van der Waals surface area contributed by atoms with Gasteiger partial charge in [-0.3, -0.25) is 4.18 Å². The van der Waals surface area contributed by atoms with E-state index in [9.17, 15) is 13.0 Å². The Labute approximate surface area is 106 Å². The summed E-state index contributed by atoms with van der Waals surface area (Å²) in [6, 6.07) is 9.08. The van der Waals surface area contributed by atoms with Crippen LogP contribution in [0.1, 0.15) is 6.92 Å². The zero-order valence-corrected chi connectivity index (χ0v) is 11.1. The number of ether oxygens (including phenoxy) is 2. The molecular formula is C10H17NO6S. The quantitative estimate of drug-likeness (QED) is 0.456. The van der Waals surface area contributed by atoms with Crippen molar-refractivity contribution in [1.29, 1.82) is 0 Å². The minimum atomic E-state index is -4.70. The summed E-state index contributed by atoms with van der Waals surface area (Å²) in [4.78, 5) is 0. The van der Waals surface area contributed by atoms with E-state index in [-0.39, 0.29) is 12.8 Å². The Morgan fingerprint density at radius 1 is 1.28 bits per heavy atom. The van der Waals surface area contributed by atoms with Gasteiger partial charge in [0, 0.05) is 0 Å². The first-order chi connectivity index (χ1) is 7.97. The Kier molecular flexibility index (Phi) is 7.48. The molecule has 8 heteroatoms. The van der Waals surface area contributed by atoms with E-state index in [1.165, 1.54) is 0 Å². The molecule has 0 bridgehead atoms. The third-order valence-electron chi connectivity index (χ3n) is 1.77. The smallest absolute Gasteiger partial charge is 0.219 e. The van der Waals surface area contributed by atoms with Crippen molar-refractivity contribution in [2.45, 2.75) is 13.0 Å². The van der Waals surface area contributed by atoms with Gasteiger partial charge in [-0.1, -0.05) is 18.2 Å². The molecule has 0 spiro atoms. The van der Waals surface area contributed by atoms with Crippen molar-refractivity contribution in [2.24, 2.45) is 0 Å². The number of benzene rings is 1. The van der Waals surface area contributed by atoms with E-state index in [0.717, 1.165) is 0 Å². The lowest BCUT2D eigenvalue weighted by Gasteiger charge is -2.15. The second-order valence-electron chi connectivity index (χ2n) is 3.25. The van der Waals surface area contributed by atoms with E-state index < -0.39 is 23.3 Å². The van der Waals surface area contributed by atoms with Gasteiger partial charge >= 0.3 is 0 Å². The molecular weight excluding hydrogens is 262 g/mol. The third kappa shape index (κ3) is 7.98. The molecule has 0 aliphatic rings. The number of rotatable bonds is 7. The molecule has 7 nitrogen and oxygen atoms in total. The van der Waals surface area contributed by atoms with Crippen molar-refractivity contribution in [3.05, 3.63) is 30.3 Å². The Balaban J connectivity index is 0.00000289. The molecule has 18 heavy (non-hydrogen) atoms. The van der Waals surface area contributed by atoms with Gasteiger partial charge in [0.25, 0.3) is 0 Å². The first-order valence-corrected chi connectivity index (χ1v) is 6.20. The molecule has 0 aliphatic heterocycles. The lowest BCUT2D eigenvalue weighted by atomic mass is 10.3. The van der Waals surface area contributed by atoms with Crippen molar-refractivity contribution < 1.29 is 26.6 Å². The highest BCUT2D eigenvalue weighted by Crippen LogP contribution is 2.09. The highest BCUT2D eigenvalue weighted by molar-refractivity contribution is 7.80. The van der Waals surface area contributed by atoms with Crippen LogP contribution in [-0.2, 0) is 19.3 Å². The monoisotopic (exact) mass is 279 g/mol. The van der Waals surface area contributed by atoms with Gasteiger partial charge in [0.15, 0.2) is 6.79 Å². The molecule has 1 aromatic carbocycles. The summed E-state index contributed by atoms with van der Waals surface area (Å²) in [5, 5.41) is 0. The SMILES string of the molecule is CC(COc1ccccc1)OCOS(=O)(=O)[O-].[NH4+]. The van der Waals surface area contributed by atoms with E-state index in [2.05, 4.69) is 4.18 Å². The van der Waals surface area contributed by atoms with E-state index in [1.54, 1.807) is 19.1 Å². The molecule has 0 radical (unpaired) electrons. The maximum absolute atomic E-state index is 10.1. The fraction of sp³-hybridized carbons (Fsp3) is 0.400. The van der Waals surface area contributed by atoms with Gasteiger partial charge in [0.1, 0.15) is 12.4 Å². The molecule has 4 N–H and O–H groups in total. The highest BCUT2D eigenvalue weighted by Gasteiger charge is 2.04. The average molecular weight is 279 g/mol. The van der Waals surface area contributed by atoms with E-state index in [1.807, 2.05) is 18.2 Å². The number of para-hydroxylation sites is 1. The average Bonchev–Trinajstić information content (AvgIpc) is 2.26. The van der Waals surface area contributed by atoms with Crippen LogP contribution in [0.15, 0.2) is 30.3 Å². The largest absolute Gasteiger partial charge is 0.725 e. The van der Waals surface area contributed by atoms with Gasteiger partial charge in [-0.15, -0.1) is 0 Å². The summed E-state index contributed by atoms with van der Waals surface area (Å²) < 4.78 is 44.5. The molecule has 0 amide bonds. The second kappa shape index (κ2) is 8.01. The highest BCUT2D eigenvalue weighted by atomic mass is 32.3. The van der Waals surface area contributed by atoms with Crippen molar-refractivity contribution >= 4 is 10.4 Å². The second-order valence-corrected chi connectivity index (χ2v) is 4.30. The van der Waals surface area contributed by atoms with Crippen LogP contribution >= 0.6 is 0 Å². The molecule has 0 aliphatic carbocycles. The van der Waals surface area contributed by atoms with Crippen LogP contribution in [0.5, 0.6) is 5.75 Å². The Morgan fingerprint density at radius 2 is 1.89 bits per heavy atom. The third-order valence-corrected chi connectivity index (χ3v) is 2.16. The van der Waals surface area contributed by atoms with E-state index in [0.29, 0.717) is 5.75 Å². The summed E-state index contributed by atoms with van der Waals surface area (Å²) in [6.45, 7) is 1.29. The van der Waals surface area contributed by atoms with Crippen LogP contribution in [0, 0.1) is 0 Å². The van der Waals surface area contributed by atoms with Crippen LogP contribution in [0.4, 0.5) is 0 Å². The van der Waals surface area contributed by atoms with Crippen LogP contribution in [0.2, 0.25) is 0 Å². The van der Waals surface area contributed by atoms with Crippen LogP contribution in [-0.4, -0.2) is 32.5 Å².